The number of carbonyl (C=O) groups excluding carboxylic acids is 3. The van der Waals surface area contributed by atoms with E-state index in [9.17, 15) is 14.4 Å². The van der Waals surface area contributed by atoms with Gasteiger partial charge in [0.15, 0.2) is 5.78 Å². The normalized spacial score (nSPS) is 12.5. The molecular weight excluding hydrogens is 452 g/mol. The average Bonchev–Trinajstić information content (AvgIpc) is 2.79. The smallest absolute Gasteiger partial charge is 0.407 e. The summed E-state index contributed by atoms with van der Waals surface area (Å²) in [6.45, 7) is 9.73. The number of Topliss-reactive ketones (excluding diaryl/α,β-unsaturated/α-hetero) is 1. The number of rotatable bonds is 22. The lowest BCUT2D eigenvalue weighted by Crippen LogP contribution is -2.39. The molecule has 0 unspecified atom stereocenters. The van der Waals surface area contributed by atoms with Crippen LogP contribution in [-0.4, -0.2) is 36.0 Å². The highest BCUT2D eigenvalue weighted by molar-refractivity contribution is 5.87. The Hall–Kier alpha value is -1.85. The zero-order valence-electron chi connectivity index (χ0n) is 24.1. The Balaban J connectivity index is 3.73. The maximum atomic E-state index is 12.3. The molecular formula is C30H56N2O4. The standard InChI is InChI=1S/C30H56N2O4/c1-6-7-8-9-10-11-12-13-14-15-16-17-18-19-20-24-28(34)32-27(26(2)33)23-21-22-25-31-29(35)36-30(3,4)5/h13-14,27H,6-12,15-25H2,1-5H3,(H,31,35)(H,32,34)/b14-13-/t27-/m0/s1. The highest BCUT2D eigenvalue weighted by Crippen LogP contribution is 2.11. The van der Waals surface area contributed by atoms with Gasteiger partial charge in [-0.2, -0.15) is 0 Å². The van der Waals surface area contributed by atoms with E-state index in [4.69, 9.17) is 4.74 Å². The fraction of sp³-hybridized carbons (Fsp3) is 0.833. The summed E-state index contributed by atoms with van der Waals surface area (Å²) >= 11 is 0. The minimum Gasteiger partial charge on any atom is -0.444 e. The SMILES string of the molecule is CCCCCCCC/C=C\CCCCCCCC(=O)N[C@@H](CCCCNC(=O)OC(C)(C)C)C(C)=O. The van der Waals surface area contributed by atoms with Gasteiger partial charge >= 0.3 is 6.09 Å². The van der Waals surface area contributed by atoms with Gasteiger partial charge in [-0.15, -0.1) is 0 Å². The van der Waals surface area contributed by atoms with E-state index < -0.39 is 17.7 Å². The van der Waals surface area contributed by atoms with Crippen molar-refractivity contribution in [1.82, 2.24) is 10.6 Å². The zero-order chi connectivity index (χ0) is 27.1. The fourth-order valence-electron chi connectivity index (χ4n) is 3.98. The first-order valence-electron chi connectivity index (χ1n) is 14.6. The molecule has 6 nitrogen and oxygen atoms in total. The van der Waals surface area contributed by atoms with Crippen LogP contribution in [0.1, 0.15) is 144 Å². The van der Waals surface area contributed by atoms with Gasteiger partial charge in [0.1, 0.15) is 5.60 Å². The van der Waals surface area contributed by atoms with Crippen LogP contribution in [0.3, 0.4) is 0 Å². The molecule has 1 atom stereocenters. The van der Waals surface area contributed by atoms with Crippen molar-refractivity contribution in [2.75, 3.05) is 6.54 Å². The third-order valence-corrected chi connectivity index (χ3v) is 6.08. The van der Waals surface area contributed by atoms with Crippen molar-refractivity contribution in [3.63, 3.8) is 0 Å². The van der Waals surface area contributed by atoms with E-state index in [2.05, 4.69) is 29.7 Å². The van der Waals surface area contributed by atoms with Crippen molar-refractivity contribution in [2.45, 2.75) is 155 Å². The number of allylic oxidation sites excluding steroid dienone is 2. The molecule has 0 saturated heterocycles. The molecule has 0 fully saturated rings. The Morgan fingerprint density at radius 1 is 0.778 bits per heavy atom. The fourth-order valence-corrected chi connectivity index (χ4v) is 3.98. The molecule has 210 valence electrons. The first-order chi connectivity index (χ1) is 17.2. The zero-order valence-corrected chi connectivity index (χ0v) is 24.1. The molecule has 2 N–H and O–H groups in total. The molecule has 0 aliphatic rings. The van der Waals surface area contributed by atoms with E-state index in [1.165, 1.54) is 64.7 Å². The quantitative estimate of drug-likeness (QED) is 0.115. The van der Waals surface area contributed by atoms with Crippen LogP contribution in [0.4, 0.5) is 4.79 Å². The minimum atomic E-state index is -0.516. The Morgan fingerprint density at radius 2 is 1.33 bits per heavy atom. The highest BCUT2D eigenvalue weighted by atomic mass is 16.6. The van der Waals surface area contributed by atoms with Crippen molar-refractivity contribution in [2.24, 2.45) is 0 Å². The second kappa shape index (κ2) is 22.4. The Morgan fingerprint density at radius 3 is 1.89 bits per heavy atom. The second-order valence-corrected chi connectivity index (χ2v) is 11.0. The molecule has 36 heavy (non-hydrogen) atoms. The lowest BCUT2D eigenvalue weighted by Gasteiger charge is -2.20. The molecule has 0 rings (SSSR count). The summed E-state index contributed by atoms with van der Waals surface area (Å²) in [4.78, 5) is 35.8. The topological polar surface area (TPSA) is 84.5 Å². The van der Waals surface area contributed by atoms with Crippen LogP contribution in [0.15, 0.2) is 12.2 Å². The van der Waals surface area contributed by atoms with Crippen LogP contribution in [0.2, 0.25) is 0 Å². The van der Waals surface area contributed by atoms with E-state index in [0.29, 0.717) is 19.4 Å². The van der Waals surface area contributed by atoms with Gasteiger partial charge in [-0.1, -0.05) is 70.4 Å². The summed E-state index contributed by atoms with van der Waals surface area (Å²) in [5.41, 5.74) is -0.516. The van der Waals surface area contributed by atoms with Gasteiger partial charge in [0, 0.05) is 13.0 Å². The first-order valence-corrected chi connectivity index (χ1v) is 14.6. The monoisotopic (exact) mass is 508 g/mol. The van der Waals surface area contributed by atoms with Crippen molar-refractivity contribution in [1.29, 1.82) is 0 Å². The van der Waals surface area contributed by atoms with E-state index >= 15 is 0 Å². The Bertz CT molecular complexity index is 611. The van der Waals surface area contributed by atoms with Gasteiger partial charge in [0.2, 0.25) is 5.91 Å². The average molecular weight is 509 g/mol. The van der Waals surface area contributed by atoms with Crippen LogP contribution in [0.5, 0.6) is 0 Å². The number of unbranched alkanes of at least 4 members (excludes halogenated alkanes) is 12. The van der Waals surface area contributed by atoms with Crippen LogP contribution < -0.4 is 10.6 Å². The third-order valence-electron chi connectivity index (χ3n) is 6.08. The lowest BCUT2D eigenvalue weighted by atomic mass is 10.0. The highest BCUT2D eigenvalue weighted by Gasteiger charge is 2.17. The predicted molar refractivity (Wildman–Crippen MR) is 150 cm³/mol. The number of carbonyl (C=O) groups is 3. The number of ketones is 1. The number of hydrogen-bond donors (Lipinski definition) is 2. The summed E-state index contributed by atoms with van der Waals surface area (Å²) < 4.78 is 5.20. The van der Waals surface area contributed by atoms with E-state index in [-0.39, 0.29) is 11.7 Å². The predicted octanol–water partition coefficient (Wildman–Crippen LogP) is 7.79. The summed E-state index contributed by atoms with van der Waals surface area (Å²) in [7, 11) is 0. The van der Waals surface area contributed by atoms with E-state index in [1.807, 2.05) is 20.8 Å². The largest absolute Gasteiger partial charge is 0.444 e. The van der Waals surface area contributed by atoms with Crippen LogP contribution >= 0.6 is 0 Å². The van der Waals surface area contributed by atoms with Gasteiger partial charge in [-0.25, -0.2) is 4.79 Å². The molecule has 0 aromatic carbocycles. The molecule has 0 spiro atoms. The number of ether oxygens (including phenoxy) is 1. The van der Waals surface area contributed by atoms with Crippen molar-refractivity contribution < 1.29 is 19.1 Å². The third kappa shape index (κ3) is 23.9. The van der Waals surface area contributed by atoms with Gasteiger partial charge < -0.3 is 15.4 Å². The number of hydrogen-bond acceptors (Lipinski definition) is 4. The Kier molecular flexibility index (Phi) is 21.2. The maximum Gasteiger partial charge on any atom is 0.407 e. The van der Waals surface area contributed by atoms with E-state index in [1.54, 1.807) is 0 Å². The molecule has 0 saturated carbocycles. The van der Waals surface area contributed by atoms with Crippen molar-refractivity contribution in [3.05, 3.63) is 12.2 Å². The van der Waals surface area contributed by atoms with Crippen LogP contribution in [-0.2, 0) is 14.3 Å². The lowest BCUT2D eigenvalue weighted by molar-refractivity contribution is -0.127. The molecule has 0 aliphatic carbocycles. The van der Waals surface area contributed by atoms with Gasteiger partial charge in [0.25, 0.3) is 0 Å². The molecule has 0 aromatic heterocycles. The first kappa shape index (κ1) is 34.1. The van der Waals surface area contributed by atoms with Gasteiger partial charge in [-0.05, 0) is 79.1 Å². The number of nitrogens with one attached hydrogen (secondary N) is 2. The van der Waals surface area contributed by atoms with Gasteiger partial charge in [-0.3, -0.25) is 9.59 Å². The van der Waals surface area contributed by atoms with Crippen LogP contribution in [0.25, 0.3) is 0 Å². The molecule has 0 aromatic rings. The Labute approximate surface area is 221 Å². The second-order valence-electron chi connectivity index (χ2n) is 11.0. The van der Waals surface area contributed by atoms with Crippen molar-refractivity contribution >= 4 is 17.8 Å². The summed E-state index contributed by atoms with van der Waals surface area (Å²) in [5.74, 6) is -0.0623. The number of alkyl carbamates (subject to hydrolysis) is 1. The molecule has 0 aliphatic heterocycles. The minimum absolute atomic E-state index is 0.0204. The van der Waals surface area contributed by atoms with Gasteiger partial charge in [0.05, 0.1) is 6.04 Å². The molecule has 0 radical (unpaired) electrons. The van der Waals surface area contributed by atoms with E-state index in [0.717, 1.165) is 38.5 Å². The summed E-state index contributed by atoms with van der Waals surface area (Å²) in [5, 5.41) is 5.60. The van der Waals surface area contributed by atoms with Crippen LogP contribution in [0, 0.1) is 0 Å². The molecule has 2 amide bonds. The van der Waals surface area contributed by atoms with Crippen molar-refractivity contribution in [3.8, 4) is 0 Å². The molecule has 0 heterocycles. The maximum absolute atomic E-state index is 12.3. The molecule has 6 heteroatoms. The number of amides is 2. The molecule has 0 bridgehead atoms. The summed E-state index contributed by atoms with van der Waals surface area (Å²) in [6.07, 6.45) is 22.8. The summed E-state index contributed by atoms with van der Waals surface area (Å²) in [6, 6.07) is -0.442.